The summed E-state index contributed by atoms with van der Waals surface area (Å²) in [6.45, 7) is -0.544. The van der Waals surface area contributed by atoms with Gasteiger partial charge in [-0.15, -0.1) is 0 Å². The first-order valence-corrected chi connectivity index (χ1v) is 6.74. The van der Waals surface area contributed by atoms with Crippen molar-refractivity contribution in [3.63, 3.8) is 0 Å². The van der Waals surface area contributed by atoms with Crippen molar-refractivity contribution in [3.8, 4) is 0 Å². The molecule has 0 spiro atoms. The predicted molar refractivity (Wildman–Crippen MR) is 69.4 cm³/mol. The topological polar surface area (TPSA) is 49.3 Å². The second-order valence-corrected chi connectivity index (χ2v) is 5.58. The van der Waals surface area contributed by atoms with E-state index in [1.807, 2.05) is 0 Å². The average Bonchev–Trinajstić information content (AvgIpc) is 3.10. The van der Waals surface area contributed by atoms with Crippen LogP contribution in [0.2, 0.25) is 0 Å². The second kappa shape index (κ2) is 5.80. The maximum absolute atomic E-state index is 13.4. The summed E-state index contributed by atoms with van der Waals surface area (Å²) in [4.78, 5) is 11.3. The third-order valence-electron chi connectivity index (χ3n) is 3.03. The van der Waals surface area contributed by atoms with Crippen LogP contribution in [0.1, 0.15) is 30.9 Å². The Morgan fingerprint density at radius 2 is 2.22 bits per heavy atom. The molecule has 1 aromatic carbocycles. The first kappa shape index (κ1) is 13.5. The number of aliphatic hydroxyl groups is 1. The van der Waals surface area contributed by atoms with E-state index in [9.17, 15) is 9.18 Å². The molecule has 1 fully saturated rings. The van der Waals surface area contributed by atoms with Crippen LogP contribution < -0.4 is 5.32 Å². The minimum atomic E-state index is -0.544. The molecule has 0 saturated heterocycles. The molecule has 1 amide bonds. The zero-order valence-electron chi connectivity index (χ0n) is 9.83. The standard InChI is InChI=1S/C13H15BrFNO2/c14-10-4-9(5-11(15)6-10)12(3-8-1-2-8)16-13(18)7-17/h4-6,8,12,17H,1-3,7H2,(H,16,18)/t12-/m1/s1. The number of halogens is 2. The van der Waals surface area contributed by atoms with E-state index < -0.39 is 12.5 Å². The van der Waals surface area contributed by atoms with Gasteiger partial charge in [0.1, 0.15) is 12.4 Å². The number of nitrogens with one attached hydrogen (secondary N) is 1. The van der Waals surface area contributed by atoms with Crippen molar-refractivity contribution >= 4 is 21.8 Å². The van der Waals surface area contributed by atoms with Crippen LogP contribution in [0, 0.1) is 11.7 Å². The fourth-order valence-electron chi connectivity index (χ4n) is 1.98. The van der Waals surface area contributed by atoms with Crippen LogP contribution in [-0.4, -0.2) is 17.6 Å². The monoisotopic (exact) mass is 315 g/mol. The number of hydrogen-bond donors (Lipinski definition) is 2. The predicted octanol–water partition coefficient (Wildman–Crippen LogP) is 2.54. The number of aliphatic hydroxyl groups excluding tert-OH is 1. The van der Waals surface area contributed by atoms with Gasteiger partial charge in [0.2, 0.25) is 5.91 Å². The van der Waals surface area contributed by atoms with Crippen LogP contribution in [-0.2, 0) is 4.79 Å². The summed E-state index contributed by atoms with van der Waals surface area (Å²) < 4.78 is 14.0. The number of carbonyl (C=O) groups is 1. The molecule has 1 saturated carbocycles. The van der Waals surface area contributed by atoms with E-state index in [2.05, 4.69) is 21.2 Å². The molecule has 0 heterocycles. The molecule has 0 unspecified atom stereocenters. The molecule has 18 heavy (non-hydrogen) atoms. The van der Waals surface area contributed by atoms with Gasteiger partial charge in [-0.1, -0.05) is 28.8 Å². The summed E-state index contributed by atoms with van der Waals surface area (Å²) in [7, 11) is 0. The van der Waals surface area contributed by atoms with Crippen molar-refractivity contribution in [2.45, 2.75) is 25.3 Å². The van der Waals surface area contributed by atoms with E-state index >= 15 is 0 Å². The van der Waals surface area contributed by atoms with Crippen LogP contribution >= 0.6 is 15.9 Å². The van der Waals surface area contributed by atoms with Crippen molar-refractivity contribution < 1.29 is 14.3 Å². The van der Waals surface area contributed by atoms with E-state index in [1.165, 1.54) is 12.1 Å². The highest BCUT2D eigenvalue weighted by molar-refractivity contribution is 9.10. The molecule has 0 radical (unpaired) electrons. The van der Waals surface area contributed by atoms with Crippen LogP contribution in [0.4, 0.5) is 4.39 Å². The zero-order valence-corrected chi connectivity index (χ0v) is 11.4. The Balaban J connectivity index is 2.17. The molecule has 5 heteroatoms. The number of benzene rings is 1. The molecule has 0 aliphatic heterocycles. The normalized spacial score (nSPS) is 16.4. The Kier molecular flexibility index (Phi) is 4.35. The minimum Gasteiger partial charge on any atom is -0.387 e. The van der Waals surface area contributed by atoms with E-state index in [4.69, 9.17) is 5.11 Å². The summed E-state index contributed by atoms with van der Waals surface area (Å²) in [6, 6.07) is 4.37. The Labute approximate surface area is 114 Å². The van der Waals surface area contributed by atoms with Crippen LogP contribution in [0.25, 0.3) is 0 Å². The average molecular weight is 316 g/mol. The summed E-state index contributed by atoms with van der Waals surface area (Å²) in [5, 5.41) is 11.5. The number of amides is 1. The maximum Gasteiger partial charge on any atom is 0.246 e. The van der Waals surface area contributed by atoms with Gasteiger partial charge in [-0.25, -0.2) is 4.39 Å². The largest absolute Gasteiger partial charge is 0.387 e. The van der Waals surface area contributed by atoms with Crippen LogP contribution in [0.5, 0.6) is 0 Å². The highest BCUT2D eigenvalue weighted by Gasteiger charge is 2.27. The SMILES string of the molecule is O=C(CO)N[C@H](CC1CC1)c1cc(F)cc(Br)c1. The summed E-state index contributed by atoms with van der Waals surface area (Å²) in [6.07, 6.45) is 3.10. The van der Waals surface area contributed by atoms with Gasteiger partial charge in [0.15, 0.2) is 0 Å². The van der Waals surface area contributed by atoms with E-state index in [-0.39, 0.29) is 11.9 Å². The summed E-state index contributed by atoms with van der Waals surface area (Å²) in [5.74, 6) is -0.171. The lowest BCUT2D eigenvalue weighted by Crippen LogP contribution is -2.31. The molecule has 1 aromatic rings. The Morgan fingerprint density at radius 1 is 1.50 bits per heavy atom. The zero-order chi connectivity index (χ0) is 13.1. The molecular formula is C13H15BrFNO2. The van der Waals surface area contributed by atoms with Crippen molar-refractivity contribution in [1.82, 2.24) is 5.32 Å². The first-order valence-electron chi connectivity index (χ1n) is 5.94. The van der Waals surface area contributed by atoms with E-state index in [0.717, 1.165) is 24.8 Å². The number of hydrogen-bond acceptors (Lipinski definition) is 2. The van der Waals surface area contributed by atoms with Gasteiger partial charge in [0.05, 0.1) is 6.04 Å². The molecule has 1 atom stereocenters. The van der Waals surface area contributed by atoms with Crippen LogP contribution in [0.3, 0.4) is 0 Å². The summed E-state index contributed by atoms with van der Waals surface area (Å²) in [5.41, 5.74) is 0.732. The molecule has 98 valence electrons. The molecule has 3 nitrogen and oxygen atoms in total. The third-order valence-corrected chi connectivity index (χ3v) is 3.49. The minimum absolute atomic E-state index is 0.232. The van der Waals surface area contributed by atoms with Crippen LogP contribution in [0.15, 0.2) is 22.7 Å². The van der Waals surface area contributed by atoms with Crippen molar-refractivity contribution in [2.75, 3.05) is 6.61 Å². The van der Waals surface area contributed by atoms with Crippen molar-refractivity contribution in [3.05, 3.63) is 34.1 Å². The summed E-state index contributed by atoms with van der Waals surface area (Å²) >= 11 is 3.24. The Bertz CT molecular complexity index is 428. The van der Waals surface area contributed by atoms with Gasteiger partial charge in [-0.3, -0.25) is 4.79 Å². The Morgan fingerprint density at radius 3 is 2.78 bits per heavy atom. The molecule has 2 rings (SSSR count). The van der Waals surface area contributed by atoms with E-state index in [0.29, 0.717) is 10.4 Å². The number of rotatable bonds is 5. The molecule has 0 aromatic heterocycles. The quantitative estimate of drug-likeness (QED) is 0.877. The van der Waals surface area contributed by atoms with Gasteiger partial charge in [-0.05, 0) is 36.1 Å². The molecular weight excluding hydrogens is 301 g/mol. The lowest BCUT2D eigenvalue weighted by atomic mass is 10.0. The van der Waals surface area contributed by atoms with Gasteiger partial charge >= 0.3 is 0 Å². The smallest absolute Gasteiger partial charge is 0.246 e. The third kappa shape index (κ3) is 3.78. The van der Waals surface area contributed by atoms with Crippen molar-refractivity contribution in [2.24, 2.45) is 5.92 Å². The van der Waals surface area contributed by atoms with Gasteiger partial charge < -0.3 is 10.4 Å². The molecule has 2 N–H and O–H groups in total. The van der Waals surface area contributed by atoms with Crippen molar-refractivity contribution in [1.29, 1.82) is 0 Å². The highest BCUT2D eigenvalue weighted by atomic mass is 79.9. The molecule has 0 bridgehead atoms. The maximum atomic E-state index is 13.4. The van der Waals surface area contributed by atoms with Gasteiger partial charge in [0.25, 0.3) is 0 Å². The fraction of sp³-hybridized carbons (Fsp3) is 0.462. The lowest BCUT2D eigenvalue weighted by molar-refractivity contribution is -0.124. The van der Waals surface area contributed by atoms with Gasteiger partial charge in [-0.2, -0.15) is 0 Å². The molecule has 1 aliphatic carbocycles. The van der Waals surface area contributed by atoms with E-state index in [1.54, 1.807) is 6.07 Å². The second-order valence-electron chi connectivity index (χ2n) is 4.66. The number of carbonyl (C=O) groups excluding carboxylic acids is 1. The Hall–Kier alpha value is -0.940. The highest BCUT2D eigenvalue weighted by Crippen LogP contribution is 2.38. The fourth-order valence-corrected chi connectivity index (χ4v) is 2.46. The lowest BCUT2D eigenvalue weighted by Gasteiger charge is -2.19. The molecule has 1 aliphatic rings. The van der Waals surface area contributed by atoms with Gasteiger partial charge in [0, 0.05) is 4.47 Å². The first-order chi connectivity index (χ1) is 8.58.